The number of unbranched alkanes of at least 4 members (excludes halogenated alkanes) is 2. The van der Waals surface area contributed by atoms with Gasteiger partial charge in [-0.3, -0.25) is 0 Å². The lowest BCUT2D eigenvalue weighted by Gasteiger charge is -2.39. The van der Waals surface area contributed by atoms with E-state index < -0.39 is 11.8 Å². The Morgan fingerprint density at radius 2 is 1.45 bits per heavy atom. The molecule has 0 nitrogen and oxygen atoms in total. The van der Waals surface area contributed by atoms with E-state index in [1.165, 1.54) is 51.4 Å². The fraction of sp³-hybridized carbons (Fsp3) is 0.900. The summed E-state index contributed by atoms with van der Waals surface area (Å²) in [5.41, 5.74) is 0. The Bertz CT molecular complexity index is 321. The number of halogens is 2. The van der Waals surface area contributed by atoms with E-state index in [0.29, 0.717) is 18.8 Å². The zero-order valence-corrected chi connectivity index (χ0v) is 14.3. The predicted molar refractivity (Wildman–Crippen MR) is 90.2 cm³/mol. The Morgan fingerprint density at radius 1 is 0.909 bits per heavy atom. The van der Waals surface area contributed by atoms with Crippen molar-refractivity contribution in [2.45, 2.75) is 89.9 Å². The second-order valence-corrected chi connectivity index (χ2v) is 7.77. The Hall–Kier alpha value is -0.400. The molecule has 0 radical (unpaired) electrons. The summed E-state index contributed by atoms with van der Waals surface area (Å²) in [4.78, 5) is 0. The van der Waals surface area contributed by atoms with Gasteiger partial charge in [-0.2, -0.15) is 0 Å². The first kappa shape index (κ1) is 17.9. The Kier molecular flexibility index (Phi) is 6.89. The average Bonchev–Trinajstić information content (AvgIpc) is 2.56. The van der Waals surface area contributed by atoms with Gasteiger partial charge in [-0.25, -0.2) is 8.78 Å². The molecule has 0 saturated heterocycles. The molecule has 2 saturated carbocycles. The number of alkyl halides is 2. The van der Waals surface area contributed by atoms with Gasteiger partial charge in [0.25, 0.3) is 5.92 Å². The molecule has 2 heteroatoms. The average molecular weight is 312 g/mol. The van der Waals surface area contributed by atoms with Crippen molar-refractivity contribution in [2.75, 3.05) is 0 Å². The van der Waals surface area contributed by atoms with Gasteiger partial charge in [0, 0.05) is 5.92 Å². The van der Waals surface area contributed by atoms with Crippen molar-refractivity contribution < 1.29 is 8.78 Å². The second-order valence-electron chi connectivity index (χ2n) is 7.77. The Balaban J connectivity index is 1.69. The maximum absolute atomic E-state index is 13.7. The number of rotatable bonds is 7. The summed E-state index contributed by atoms with van der Waals surface area (Å²) in [6.07, 6.45) is 15.3. The summed E-state index contributed by atoms with van der Waals surface area (Å²) >= 11 is 0. The van der Waals surface area contributed by atoms with Crippen LogP contribution in [0.2, 0.25) is 0 Å². The standard InChI is InChI=1S/C20H34F2/c1-3-5-6-7-16-8-10-17(11-9-16)18-12-14-19(15-13-18)20(21,22)4-2/h4,16-19H,2-3,5-15H2,1H3. The topological polar surface area (TPSA) is 0 Å². The van der Waals surface area contributed by atoms with Gasteiger partial charge < -0.3 is 0 Å². The van der Waals surface area contributed by atoms with Crippen molar-refractivity contribution in [1.29, 1.82) is 0 Å². The normalized spacial score (nSPS) is 33.6. The lowest BCUT2D eigenvalue weighted by Crippen LogP contribution is -2.32. The SMILES string of the molecule is C=CC(F)(F)C1CCC(C2CCC(CCCCC)CC2)CC1. The zero-order valence-electron chi connectivity index (χ0n) is 14.3. The fourth-order valence-corrected chi connectivity index (χ4v) is 4.77. The lowest BCUT2D eigenvalue weighted by molar-refractivity contribution is -0.0352. The third kappa shape index (κ3) is 4.80. The maximum Gasteiger partial charge on any atom is 0.268 e. The number of hydrogen-bond acceptors (Lipinski definition) is 0. The highest BCUT2D eigenvalue weighted by molar-refractivity contribution is 4.95. The second kappa shape index (κ2) is 8.45. The van der Waals surface area contributed by atoms with Crippen LogP contribution in [0.4, 0.5) is 8.78 Å². The first-order valence-electron chi connectivity index (χ1n) is 9.58. The molecule has 22 heavy (non-hydrogen) atoms. The van der Waals surface area contributed by atoms with Crippen LogP contribution in [-0.2, 0) is 0 Å². The number of allylic oxidation sites excluding steroid dienone is 1. The maximum atomic E-state index is 13.7. The van der Waals surface area contributed by atoms with Crippen molar-refractivity contribution in [3.8, 4) is 0 Å². The summed E-state index contributed by atoms with van der Waals surface area (Å²) in [5.74, 6) is -0.618. The molecule has 2 aliphatic rings. The van der Waals surface area contributed by atoms with Crippen molar-refractivity contribution in [3.63, 3.8) is 0 Å². The van der Waals surface area contributed by atoms with Crippen molar-refractivity contribution in [2.24, 2.45) is 23.7 Å². The molecule has 0 atom stereocenters. The van der Waals surface area contributed by atoms with Crippen LogP contribution in [0.5, 0.6) is 0 Å². The summed E-state index contributed by atoms with van der Waals surface area (Å²) < 4.78 is 27.4. The van der Waals surface area contributed by atoms with Gasteiger partial charge in [0.15, 0.2) is 0 Å². The molecular weight excluding hydrogens is 278 g/mol. The molecule has 0 amide bonds. The summed E-state index contributed by atoms with van der Waals surface area (Å²) in [7, 11) is 0. The smallest absolute Gasteiger partial charge is 0.202 e. The minimum absolute atomic E-state index is 0.452. The molecule has 0 spiro atoms. The van der Waals surface area contributed by atoms with Gasteiger partial charge in [0.05, 0.1) is 0 Å². The molecular formula is C20H34F2. The van der Waals surface area contributed by atoms with E-state index in [1.807, 2.05) is 0 Å². The van der Waals surface area contributed by atoms with Gasteiger partial charge in [0.2, 0.25) is 0 Å². The van der Waals surface area contributed by atoms with Crippen LogP contribution in [0.1, 0.15) is 84.0 Å². The lowest BCUT2D eigenvalue weighted by atomic mass is 9.68. The van der Waals surface area contributed by atoms with E-state index in [-0.39, 0.29) is 0 Å². The van der Waals surface area contributed by atoms with Crippen LogP contribution >= 0.6 is 0 Å². The fourth-order valence-electron chi connectivity index (χ4n) is 4.77. The molecule has 0 unspecified atom stereocenters. The Labute approximate surface area is 135 Å². The van der Waals surface area contributed by atoms with Crippen LogP contribution < -0.4 is 0 Å². The first-order chi connectivity index (χ1) is 10.6. The van der Waals surface area contributed by atoms with Gasteiger partial charge in [-0.05, 0) is 62.4 Å². The molecule has 2 rings (SSSR count). The van der Waals surface area contributed by atoms with E-state index in [1.54, 1.807) is 0 Å². The summed E-state index contributed by atoms with van der Waals surface area (Å²) in [6, 6.07) is 0. The van der Waals surface area contributed by atoms with E-state index in [2.05, 4.69) is 13.5 Å². The monoisotopic (exact) mass is 312 g/mol. The van der Waals surface area contributed by atoms with Gasteiger partial charge in [-0.1, -0.05) is 52.0 Å². The molecule has 128 valence electrons. The molecule has 2 aliphatic carbocycles. The van der Waals surface area contributed by atoms with Crippen LogP contribution in [-0.4, -0.2) is 5.92 Å². The van der Waals surface area contributed by atoms with E-state index in [0.717, 1.165) is 30.8 Å². The van der Waals surface area contributed by atoms with Gasteiger partial charge in [0.1, 0.15) is 0 Å². The largest absolute Gasteiger partial charge is 0.268 e. The first-order valence-corrected chi connectivity index (χ1v) is 9.58. The molecule has 0 N–H and O–H groups in total. The van der Waals surface area contributed by atoms with Crippen LogP contribution in [0.3, 0.4) is 0 Å². The van der Waals surface area contributed by atoms with Crippen LogP contribution in [0, 0.1) is 23.7 Å². The van der Waals surface area contributed by atoms with Crippen molar-refractivity contribution in [3.05, 3.63) is 12.7 Å². The summed E-state index contributed by atoms with van der Waals surface area (Å²) in [6.45, 7) is 5.57. The van der Waals surface area contributed by atoms with Crippen molar-refractivity contribution in [1.82, 2.24) is 0 Å². The summed E-state index contributed by atoms with van der Waals surface area (Å²) in [5, 5.41) is 0. The van der Waals surface area contributed by atoms with Crippen LogP contribution in [0.25, 0.3) is 0 Å². The quantitative estimate of drug-likeness (QED) is 0.350. The third-order valence-corrected chi connectivity index (χ3v) is 6.36. The molecule has 0 bridgehead atoms. The van der Waals surface area contributed by atoms with E-state index >= 15 is 0 Å². The molecule has 0 aromatic rings. The highest BCUT2D eigenvalue weighted by Gasteiger charge is 2.40. The molecule has 0 aromatic heterocycles. The zero-order chi connectivity index (χ0) is 16.0. The molecule has 0 aliphatic heterocycles. The molecule has 2 fully saturated rings. The van der Waals surface area contributed by atoms with Crippen molar-refractivity contribution >= 4 is 0 Å². The highest BCUT2D eigenvalue weighted by Crippen LogP contribution is 2.45. The van der Waals surface area contributed by atoms with E-state index in [9.17, 15) is 8.78 Å². The highest BCUT2D eigenvalue weighted by atomic mass is 19.3. The van der Waals surface area contributed by atoms with E-state index in [4.69, 9.17) is 0 Å². The number of hydrogen-bond donors (Lipinski definition) is 0. The molecule has 0 aromatic carbocycles. The van der Waals surface area contributed by atoms with Crippen LogP contribution in [0.15, 0.2) is 12.7 Å². The molecule has 0 heterocycles. The third-order valence-electron chi connectivity index (χ3n) is 6.36. The minimum Gasteiger partial charge on any atom is -0.202 e. The van der Waals surface area contributed by atoms with Gasteiger partial charge >= 0.3 is 0 Å². The Morgan fingerprint density at radius 3 is 1.95 bits per heavy atom. The van der Waals surface area contributed by atoms with Gasteiger partial charge in [-0.15, -0.1) is 0 Å². The predicted octanol–water partition coefficient (Wildman–Crippen LogP) is 7.00. The minimum atomic E-state index is -2.65.